The van der Waals surface area contributed by atoms with Crippen molar-refractivity contribution in [3.63, 3.8) is 0 Å². The maximum absolute atomic E-state index is 12.6. The number of nitrogens with one attached hydrogen (secondary N) is 2. The molecule has 1 aromatic heterocycles. The molecule has 0 saturated heterocycles. The number of benzene rings is 2. The first kappa shape index (κ1) is 16.4. The zero-order valence-corrected chi connectivity index (χ0v) is 14.9. The number of para-hydroxylation sites is 1. The molecule has 1 heterocycles. The first-order valence-corrected chi connectivity index (χ1v) is 10.3. The molecule has 0 bridgehead atoms. The summed E-state index contributed by atoms with van der Waals surface area (Å²) in [5.74, 6) is 0. The molecule has 2 N–H and O–H groups in total. The zero-order chi connectivity index (χ0) is 17.3. The minimum atomic E-state index is -3.44. The summed E-state index contributed by atoms with van der Waals surface area (Å²) in [5, 5.41) is 1.15. The summed E-state index contributed by atoms with van der Waals surface area (Å²) in [7, 11) is -3.44. The van der Waals surface area contributed by atoms with Crippen LogP contribution in [0.4, 0.5) is 0 Å². The van der Waals surface area contributed by atoms with Crippen LogP contribution in [0.15, 0.2) is 59.5 Å². The van der Waals surface area contributed by atoms with Crippen molar-refractivity contribution in [2.45, 2.75) is 43.0 Å². The molecule has 0 aliphatic heterocycles. The molecule has 2 aromatic carbocycles. The van der Waals surface area contributed by atoms with Crippen molar-refractivity contribution in [2.75, 3.05) is 0 Å². The van der Waals surface area contributed by atoms with Crippen molar-refractivity contribution in [3.8, 4) is 11.3 Å². The fraction of sp³-hybridized carbons (Fsp3) is 0.300. The molecule has 1 aliphatic carbocycles. The lowest BCUT2D eigenvalue weighted by Crippen LogP contribution is -2.36. The third-order valence-corrected chi connectivity index (χ3v) is 6.47. The highest BCUT2D eigenvalue weighted by atomic mass is 32.2. The largest absolute Gasteiger partial charge is 0.355 e. The van der Waals surface area contributed by atoms with Crippen molar-refractivity contribution in [2.24, 2.45) is 0 Å². The van der Waals surface area contributed by atoms with E-state index in [-0.39, 0.29) is 6.04 Å². The molecule has 130 valence electrons. The van der Waals surface area contributed by atoms with Gasteiger partial charge in [0.05, 0.1) is 4.90 Å². The molecule has 5 heteroatoms. The van der Waals surface area contributed by atoms with Gasteiger partial charge in [0.1, 0.15) is 0 Å². The lowest BCUT2D eigenvalue weighted by molar-refractivity contribution is 0.412. The number of fused-ring (bicyclic) bond motifs is 1. The van der Waals surface area contributed by atoms with E-state index in [2.05, 4.69) is 21.8 Å². The summed E-state index contributed by atoms with van der Waals surface area (Å²) in [4.78, 5) is 3.70. The first-order chi connectivity index (χ1) is 12.1. The van der Waals surface area contributed by atoms with Crippen LogP contribution in [0.1, 0.15) is 32.1 Å². The Bertz CT molecular complexity index is 935. The zero-order valence-electron chi connectivity index (χ0n) is 14.0. The monoisotopic (exact) mass is 354 g/mol. The van der Waals surface area contributed by atoms with Crippen LogP contribution in [0, 0.1) is 0 Å². The predicted octanol–water partition coefficient (Wildman–Crippen LogP) is 4.45. The second kappa shape index (κ2) is 6.65. The summed E-state index contributed by atoms with van der Waals surface area (Å²) in [6, 6.07) is 17.3. The van der Waals surface area contributed by atoms with Crippen LogP contribution in [0.5, 0.6) is 0 Å². The maximum atomic E-state index is 12.6. The Kier molecular flexibility index (Phi) is 4.36. The van der Waals surface area contributed by atoms with Crippen LogP contribution in [-0.2, 0) is 10.0 Å². The number of sulfonamides is 1. The van der Waals surface area contributed by atoms with Crippen molar-refractivity contribution >= 4 is 20.9 Å². The molecule has 3 aromatic rings. The Morgan fingerprint density at radius 1 is 0.920 bits per heavy atom. The average molecular weight is 354 g/mol. The van der Waals surface area contributed by atoms with E-state index in [1.54, 1.807) is 12.1 Å². The number of hydrogen-bond donors (Lipinski definition) is 2. The van der Waals surface area contributed by atoms with Gasteiger partial charge in [-0.1, -0.05) is 49.6 Å². The Balaban J connectivity index is 1.56. The molecule has 0 unspecified atom stereocenters. The number of hydrogen-bond acceptors (Lipinski definition) is 2. The molecule has 25 heavy (non-hydrogen) atoms. The maximum Gasteiger partial charge on any atom is 0.240 e. The number of rotatable bonds is 4. The fourth-order valence-electron chi connectivity index (χ4n) is 3.55. The summed E-state index contributed by atoms with van der Waals surface area (Å²) in [5.41, 5.74) is 3.05. The molecule has 0 spiro atoms. The van der Waals surface area contributed by atoms with Gasteiger partial charge in [0, 0.05) is 22.6 Å². The van der Waals surface area contributed by atoms with E-state index in [1.165, 1.54) is 6.42 Å². The van der Waals surface area contributed by atoms with Crippen LogP contribution in [0.3, 0.4) is 0 Å². The SMILES string of the molecule is O=S(=O)(NC1CCCCC1)c1ccc(-c2cc3ccccc3[nH]2)cc1. The van der Waals surface area contributed by atoms with Gasteiger partial charge in [0.25, 0.3) is 0 Å². The standard InChI is InChI=1S/C20H22N2O2S/c23-25(24,22-17-7-2-1-3-8-17)18-12-10-15(11-13-18)20-14-16-6-4-5-9-19(16)21-20/h4-6,9-14,17,21-22H,1-3,7-8H2. The van der Waals surface area contributed by atoms with E-state index in [0.29, 0.717) is 4.90 Å². The van der Waals surface area contributed by atoms with Gasteiger partial charge in [-0.05, 0) is 42.7 Å². The summed E-state index contributed by atoms with van der Waals surface area (Å²) in [6.45, 7) is 0. The molecule has 1 saturated carbocycles. The summed E-state index contributed by atoms with van der Waals surface area (Å²) >= 11 is 0. The molecule has 4 rings (SSSR count). The van der Waals surface area contributed by atoms with Crippen LogP contribution < -0.4 is 4.72 Å². The van der Waals surface area contributed by atoms with Gasteiger partial charge in [0.2, 0.25) is 10.0 Å². The van der Waals surface area contributed by atoms with Crippen LogP contribution in [-0.4, -0.2) is 19.4 Å². The highest BCUT2D eigenvalue weighted by Gasteiger charge is 2.21. The lowest BCUT2D eigenvalue weighted by Gasteiger charge is -2.22. The molecule has 0 amide bonds. The van der Waals surface area contributed by atoms with E-state index in [1.807, 2.05) is 30.3 Å². The van der Waals surface area contributed by atoms with Gasteiger partial charge in [-0.25, -0.2) is 13.1 Å². The topological polar surface area (TPSA) is 62.0 Å². The van der Waals surface area contributed by atoms with Gasteiger partial charge >= 0.3 is 0 Å². The predicted molar refractivity (Wildman–Crippen MR) is 101 cm³/mol. The van der Waals surface area contributed by atoms with Crippen LogP contribution in [0.2, 0.25) is 0 Å². The Labute approximate surface area is 148 Å². The Morgan fingerprint density at radius 3 is 2.36 bits per heavy atom. The second-order valence-corrected chi connectivity index (χ2v) is 8.46. The molecule has 0 radical (unpaired) electrons. The van der Waals surface area contributed by atoms with Crippen molar-refractivity contribution in [1.29, 1.82) is 0 Å². The van der Waals surface area contributed by atoms with Gasteiger partial charge in [-0.2, -0.15) is 0 Å². The van der Waals surface area contributed by atoms with Crippen LogP contribution >= 0.6 is 0 Å². The third-order valence-electron chi connectivity index (χ3n) is 4.93. The molecular weight excluding hydrogens is 332 g/mol. The van der Waals surface area contributed by atoms with Gasteiger partial charge in [0.15, 0.2) is 0 Å². The molecule has 1 fully saturated rings. The van der Waals surface area contributed by atoms with E-state index in [9.17, 15) is 8.42 Å². The fourth-order valence-corrected chi connectivity index (χ4v) is 4.86. The lowest BCUT2D eigenvalue weighted by atomic mass is 9.96. The number of aromatic nitrogens is 1. The smallest absolute Gasteiger partial charge is 0.240 e. The highest BCUT2D eigenvalue weighted by Crippen LogP contribution is 2.26. The van der Waals surface area contributed by atoms with E-state index < -0.39 is 10.0 Å². The normalized spacial score (nSPS) is 16.3. The second-order valence-electron chi connectivity index (χ2n) is 6.75. The minimum absolute atomic E-state index is 0.0760. The molecule has 0 atom stereocenters. The Morgan fingerprint density at radius 2 is 1.64 bits per heavy atom. The van der Waals surface area contributed by atoms with E-state index in [0.717, 1.165) is 47.8 Å². The van der Waals surface area contributed by atoms with Crippen molar-refractivity contribution < 1.29 is 8.42 Å². The van der Waals surface area contributed by atoms with E-state index >= 15 is 0 Å². The van der Waals surface area contributed by atoms with Crippen LogP contribution in [0.25, 0.3) is 22.2 Å². The highest BCUT2D eigenvalue weighted by molar-refractivity contribution is 7.89. The molecule has 1 aliphatic rings. The van der Waals surface area contributed by atoms with E-state index in [4.69, 9.17) is 0 Å². The summed E-state index contributed by atoms with van der Waals surface area (Å²) < 4.78 is 28.0. The minimum Gasteiger partial charge on any atom is -0.355 e. The number of aromatic amines is 1. The quantitative estimate of drug-likeness (QED) is 0.727. The van der Waals surface area contributed by atoms with Crippen molar-refractivity contribution in [3.05, 3.63) is 54.6 Å². The summed E-state index contributed by atoms with van der Waals surface area (Å²) in [6.07, 6.45) is 5.29. The van der Waals surface area contributed by atoms with Gasteiger partial charge in [-0.3, -0.25) is 0 Å². The first-order valence-electron chi connectivity index (χ1n) is 8.82. The number of H-pyrrole nitrogens is 1. The van der Waals surface area contributed by atoms with Gasteiger partial charge < -0.3 is 4.98 Å². The third kappa shape index (κ3) is 3.48. The molecule has 4 nitrogen and oxygen atoms in total. The molecular formula is C20H22N2O2S. The van der Waals surface area contributed by atoms with Gasteiger partial charge in [-0.15, -0.1) is 0 Å². The average Bonchev–Trinajstić information content (AvgIpc) is 3.06. The van der Waals surface area contributed by atoms with Crippen molar-refractivity contribution in [1.82, 2.24) is 9.71 Å². The Hall–Kier alpha value is -2.11.